The van der Waals surface area contributed by atoms with E-state index >= 15 is 0 Å². The van der Waals surface area contributed by atoms with Crippen molar-refractivity contribution in [2.45, 2.75) is 31.6 Å². The summed E-state index contributed by atoms with van der Waals surface area (Å²) >= 11 is 0. The Hall–Kier alpha value is -1.37. The highest BCUT2D eigenvalue weighted by atomic mass is 32.2. The lowest BCUT2D eigenvalue weighted by Crippen LogP contribution is -2.32. The van der Waals surface area contributed by atoms with Gasteiger partial charge in [-0.25, -0.2) is 18.1 Å². The van der Waals surface area contributed by atoms with Gasteiger partial charge in [0.2, 0.25) is 15.8 Å². The molecule has 2 aliphatic carbocycles. The lowest BCUT2D eigenvalue weighted by molar-refractivity contribution is 0.0952. The molecule has 1 aromatic rings. The predicted octanol–water partition coefficient (Wildman–Crippen LogP) is 1.02. The van der Waals surface area contributed by atoms with E-state index in [1.807, 2.05) is 4.72 Å². The van der Waals surface area contributed by atoms with Crippen molar-refractivity contribution < 1.29 is 17.6 Å². The Kier molecular flexibility index (Phi) is 2.65. The van der Waals surface area contributed by atoms with Crippen molar-refractivity contribution in [2.75, 3.05) is 5.75 Å². The molecule has 98 valence electrons. The Morgan fingerprint density at radius 1 is 1.39 bits per heavy atom. The monoisotopic (exact) mass is 270 g/mol. The maximum absolute atomic E-state index is 11.7. The topological polar surface area (TPSA) is 89.3 Å². The molecule has 7 heteroatoms. The largest absolute Gasteiger partial charge is 0.435 e. The molecule has 1 N–H and O–H groups in total. The summed E-state index contributed by atoms with van der Waals surface area (Å²) in [6.45, 7) is 0. The minimum absolute atomic E-state index is 0.0162. The van der Waals surface area contributed by atoms with Crippen molar-refractivity contribution in [3.05, 3.63) is 17.8 Å². The van der Waals surface area contributed by atoms with Crippen LogP contribution in [0.3, 0.4) is 0 Å². The van der Waals surface area contributed by atoms with Crippen molar-refractivity contribution >= 4 is 15.9 Å². The predicted molar refractivity (Wildman–Crippen MR) is 62.5 cm³/mol. The fraction of sp³-hybridized carbons (Fsp3) is 0.636. The summed E-state index contributed by atoms with van der Waals surface area (Å²) in [5.41, 5.74) is 0. The van der Waals surface area contributed by atoms with Gasteiger partial charge >= 0.3 is 5.91 Å². The van der Waals surface area contributed by atoms with Crippen molar-refractivity contribution in [3.63, 3.8) is 0 Å². The van der Waals surface area contributed by atoms with Crippen molar-refractivity contribution in [1.29, 1.82) is 0 Å². The van der Waals surface area contributed by atoms with E-state index in [0.717, 1.165) is 25.7 Å². The van der Waals surface area contributed by atoms with E-state index in [0.29, 0.717) is 11.8 Å². The average molecular weight is 270 g/mol. The third kappa shape index (κ3) is 2.72. The summed E-state index contributed by atoms with van der Waals surface area (Å²) in [7, 11) is -3.55. The maximum Gasteiger partial charge on any atom is 0.302 e. The zero-order valence-electron chi connectivity index (χ0n) is 9.76. The standard InChI is InChI=1S/C11H14N2O4S/c14-10(13-18(15,16)6-7-1-2-7)9-5-12-11(17-9)8-3-4-8/h5,7-8H,1-4,6H2,(H,13,14). The van der Waals surface area contributed by atoms with Crippen LogP contribution in [0.25, 0.3) is 0 Å². The SMILES string of the molecule is O=C(NS(=O)(=O)CC1CC1)c1cnc(C2CC2)o1. The van der Waals surface area contributed by atoms with Gasteiger partial charge in [-0.2, -0.15) is 0 Å². The van der Waals surface area contributed by atoms with Gasteiger partial charge in [0.1, 0.15) is 0 Å². The van der Waals surface area contributed by atoms with Gasteiger partial charge in [-0.3, -0.25) is 4.79 Å². The minimum Gasteiger partial charge on any atom is -0.435 e. The normalized spacial score (nSPS) is 19.8. The van der Waals surface area contributed by atoms with Crippen LogP contribution in [0.15, 0.2) is 10.6 Å². The molecule has 0 bridgehead atoms. The number of amides is 1. The van der Waals surface area contributed by atoms with Crippen LogP contribution in [-0.4, -0.2) is 25.1 Å². The highest BCUT2D eigenvalue weighted by Gasteiger charge is 2.32. The van der Waals surface area contributed by atoms with Crippen molar-refractivity contribution in [1.82, 2.24) is 9.71 Å². The molecule has 0 atom stereocenters. The van der Waals surface area contributed by atoms with E-state index in [-0.39, 0.29) is 17.4 Å². The van der Waals surface area contributed by atoms with Gasteiger partial charge in [0, 0.05) is 5.92 Å². The number of nitrogens with zero attached hydrogens (tertiary/aromatic N) is 1. The number of hydrogen-bond acceptors (Lipinski definition) is 5. The minimum atomic E-state index is -3.55. The Morgan fingerprint density at radius 2 is 2.11 bits per heavy atom. The molecule has 1 aromatic heterocycles. The highest BCUT2D eigenvalue weighted by molar-refractivity contribution is 7.90. The number of nitrogens with one attached hydrogen (secondary N) is 1. The third-order valence-corrected chi connectivity index (χ3v) is 4.48. The molecule has 0 spiro atoms. The Morgan fingerprint density at radius 3 is 2.72 bits per heavy atom. The number of sulfonamides is 1. The smallest absolute Gasteiger partial charge is 0.302 e. The summed E-state index contributed by atoms with van der Waals surface area (Å²) in [6, 6.07) is 0. The van der Waals surface area contributed by atoms with Crippen LogP contribution < -0.4 is 4.72 Å². The van der Waals surface area contributed by atoms with E-state index in [1.54, 1.807) is 0 Å². The first kappa shape index (κ1) is 11.7. The number of aromatic nitrogens is 1. The molecule has 2 aliphatic rings. The molecular weight excluding hydrogens is 256 g/mol. The third-order valence-electron chi connectivity index (χ3n) is 3.07. The molecule has 1 amide bonds. The lowest BCUT2D eigenvalue weighted by atomic mass is 10.4. The highest BCUT2D eigenvalue weighted by Crippen LogP contribution is 2.39. The number of oxazole rings is 1. The van der Waals surface area contributed by atoms with Gasteiger partial charge in [0.05, 0.1) is 11.9 Å². The number of carbonyl (C=O) groups is 1. The second-order valence-corrected chi connectivity index (χ2v) is 6.76. The fourth-order valence-electron chi connectivity index (χ4n) is 1.74. The molecule has 2 fully saturated rings. The number of rotatable bonds is 5. The molecule has 0 radical (unpaired) electrons. The zero-order chi connectivity index (χ0) is 12.8. The first-order valence-electron chi connectivity index (χ1n) is 6.04. The van der Waals surface area contributed by atoms with Crippen LogP contribution >= 0.6 is 0 Å². The molecule has 0 unspecified atom stereocenters. The second kappa shape index (κ2) is 4.08. The molecule has 3 rings (SSSR count). The van der Waals surface area contributed by atoms with Crippen LogP contribution in [0.1, 0.15) is 48.0 Å². The van der Waals surface area contributed by atoms with E-state index in [1.165, 1.54) is 6.20 Å². The maximum atomic E-state index is 11.7. The summed E-state index contributed by atoms with van der Waals surface area (Å²) in [6.07, 6.45) is 5.16. The van der Waals surface area contributed by atoms with Gasteiger partial charge < -0.3 is 4.42 Å². The summed E-state index contributed by atoms with van der Waals surface area (Å²) < 4.78 is 30.5. The number of hydrogen-bond donors (Lipinski definition) is 1. The molecule has 1 heterocycles. The first-order valence-corrected chi connectivity index (χ1v) is 7.69. The fourth-order valence-corrected chi connectivity index (χ4v) is 3.16. The Balaban J connectivity index is 1.65. The van der Waals surface area contributed by atoms with Crippen molar-refractivity contribution in [2.24, 2.45) is 5.92 Å². The van der Waals surface area contributed by atoms with Crippen LogP contribution in [0.4, 0.5) is 0 Å². The van der Waals surface area contributed by atoms with Crippen LogP contribution in [0.5, 0.6) is 0 Å². The van der Waals surface area contributed by atoms with Gasteiger partial charge in [-0.05, 0) is 31.6 Å². The van der Waals surface area contributed by atoms with E-state index in [2.05, 4.69) is 4.98 Å². The molecule has 18 heavy (non-hydrogen) atoms. The second-order valence-electron chi connectivity index (χ2n) is 4.99. The van der Waals surface area contributed by atoms with Crippen molar-refractivity contribution in [3.8, 4) is 0 Å². The van der Waals surface area contributed by atoms with Crippen LogP contribution in [0, 0.1) is 5.92 Å². The van der Waals surface area contributed by atoms with E-state index in [4.69, 9.17) is 4.42 Å². The van der Waals surface area contributed by atoms with Gasteiger partial charge in [-0.1, -0.05) is 0 Å². The molecule has 0 saturated heterocycles. The Labute approximate surface area is 105 Å². The molecule has 0 aromatic carbocycles. The van der Waals surface area contributed by atoms with Crippen LogP contribution in [0.2, 0.25) is 0 Å². The lowest BCUT2D eigenvalue weighted by Gasteiger charge is -2.03. The summed E-state index contributed by atoms with van der Waals surface area (Å²) in [5, 5.41) is 0. The first-order chi connectivity index (χ1) is 8.53. The van der Waals surface area contributed by atoms with Gasteiger partial charge in [0.25, 0.3) is 0 Å². The summed E-state index contributed by atoms with van der Waals surface area (Å²) in [4.78, 5) is 15.7. The number of carbonyl (C=O) groups excluding carboxylic acids is 1. The average Bonchev–Trinajstić information content (AvgIpc) is 3.20. The molecule has 2 saturated carbocycles. The molecule has 6 nitrogen and oxygen atoms in total. The van der Waals surface area contributed by atoms with E-state index in [9.17, 15) is 13.2 Å². The van der Waals surface area contributed by atoms with E-state index < -0.39 is 15.9 Å². The quantitative estimate of drug-likeness (QED) is 0.862. The van der Waals surface area contributed by atoms with Crippen LogP contribution in [-0.2, 0) is 10.0 Å². The van der Waals surface area contributed by atoms with Gasteiger partial charge in [0.15, 0.2) is 5.89 Å². The summed E-state index contributed by atoms with van der Waals surface area (Å²) in [5.74, 6) is 0.287. The van der Waals surface area contributed by atoms with Gasteiger partial charge in [-0.15, -0.1) is 0 Å². The Bertz CT molecular complexity index is 570. The molecular formula is C11H14N2O4S. The zero-order valence-corrected chi connectivity index (χ0v) is 10.6. The molecule has 0 aliphatic heterocycles.